The molecule has 2 heterocycles. The van der Waals surface area contributed by atoms with Crippen molar-refractivity contribution in [2.75, 3.05) is 25.2 Å². The van der Waals surface area contributed by atoms with Gasteiger partial charge in [0.05, 0.1) is 37.4 Å². The van der Waals surface area contributed by atoms with Crippen molar-refractivity contribution in [2.45, 2.75) is 25.6 Å². The smallest absolute Gasteiger partial charge is 0.158 e. The van der Waals surface area contributed by atoms with E-state index in [1.807, 2.05) is 0 Å². The number of nitrogens with two attached hydrogens (primary N) is 1. The summed E-state index contributed by atoms with van der Waals surface area (Å²) < 4.78 is 5.49. The van der Waals surface area contributed by atoms with Crippen LogP contribution in [0, 0.1) is 0 Å². The van der Waals surface area contributed by atoms with Gasteiger partial charge in [0.1, 0.15) is 0 Å². The Bertz CT molecular complexity index is 372. The van der Waals surface area contributed by atoms with Crippen molar-refractivity contribution in [1.82, 2.24) is 14.9 Å². The van der Waals surface area contributed by atoms with Crippen LogP contribution in [0.4, 0.5) is 5.82 Å². The Morgan fingerprint density at radius 1 is 1.56 bits per heavy atom. The summed E-state index contributed by atoms with van der Waals surface area (Å²) in [5, 5.41) is 9.13. The van der Waals surface area contributed by atoms with Gasteiger partial charge in [0, 0.05) is 19.1 Å². The average molecular weight is 253 g/mol. The zero-order chi connectivity index (χ0) is 13.0. The van der Waals surface area contributed by atoms with Crippen molar-refractivity contribution in [1.29, 1.82) is 0 Å². The zero-order valence-corrected chi connectivity index (χ0v) is 10.4. The minimum absolute atomic E-state index is 0.0466. The van der Waals surface area contributed by atoms with Crippen LogP contribution in [0.25, 0.3) is 0 Å². The molecule has 0 aromatic carbocycles. The second-order valence-corrected chi connectivity index (χ2v) is 4.45. The summed E-state index contributed by atoms with van der Waals surface area (Å²) in [6.45, 7) is 4.16. The maximum Gasteiger partial charge on any atom is 0.158 e. The predicted octanol–water partition coefficient (Wildman–Crippen LogP) is -0.656. The van der Waals surface area contributed by atoms with Crippen LogP contribution in [0.5, 0.6) is 0 Å². The third kappa shape index (κ3) is 3.14. The highest BCUT2D eigenvalue weighted by atomic mass is 16.5. The van der Waals surface area contributed by atoms with E-state index in [2.05, 4.69) is 27.2 Å². The average Bonchev–Trinajstić information content (AvgIpc) is 2.42. The molecule has 1 fully saturated rings. The Morgan fingerprint density at radius 3 is 3.00 bits per heavy atom. The van der Waals surface area contributed by atoms with Gasteiger partial charge in [0.25, 0.3) is 0 Å². The first-order valence-electron chi connectivity index (χ1n) is 5.97. The number of hydrogen-bond acceptors (Lipinski definition) is 7. The zero-order valence-electron chi connectivity index (χ0n) is 10.4. The number of rotatable bonds is 4. The minimum atomic E-state index is -0.112. The molecule has 2 rings (SSSR count). The third-order valence-electron chi connectivity index (χ3n) is 3.06. The van der Waals surface area contributed by atoms with Crippen LogP contribution in [0.15, 0.2) is 12.4 Å². The van der Waals surface area contributed by atoms with Gasteiger partial charge in [-0.2, -0.15) is 0 Å². The van der Waals surface area contributed by atoms with Crippen LogP contribution < -0.4 is 11.3 Å². The van der Waals surface area contributed by atoms with Crippen molar-refractivity contribution >= 4 is 5.82 Å². The normalized spacial score (nSPS) is 25.1. The molecule has 1 aromatic heterocycles. The van der Waals surface area contributed by atoms with E-state index in [0.717, 1.165) is 5.69 Å². The Kier molecular flexibility index (Phi) is 4.43. The lowest BCUT2D eigenvalue weighted by molar-refractivity contribution is -0.0808. The van der Waals surface area contributed by atoms with Gasteiger partial charge in [-0.1, -0.05) is 0 Å². The van der Waals surface area contributed by atoms with Crippen molar-refractivity contribution in [3.63, 3.8) is 0 Å². The van der Waals surface area contributed by atoms with Crippen molar-refractivity contribution < 1.29 is 9.84 Å². The third-order valence-corrected chi connectivity index (χ3v) is 3.06. The van der Waals surface area contributed by atoms with Gasteiger partial charge in [0.2, 0.25) is 0 Å². The largest absolute Gasteiger partial charge is 0.394 e. The van der Waals surface area contributed by atoms with E-state index in [0.29, 0.717) is 31.6 Å². The van der Waals surface area contributed by atoms with E-state index in [1.54, 1.807) is 12.4 Å². The summed E-state index contributed by atoms with van der Waals surface area (Å²) in [5.74, 6) is 5.78. The molecule has 0 bridgehead atoms. The van der Waals surface area contributed by atoms with E-state index in [1.165, 1.54) is 0 Å². The summed E-state index contributed by atoms with van der Waals surface area (Å²) in [6.07, 6.45) is 3.19. The lowest BCUT2D eigenvalue weighted by Crippen LogP contribution is -2.48. The first-order valence-corrected chi connectivity index (χ1v) is 5.97. The van der Waals surface area contributed by atoms with Gasteiger partial charge in [-0.3, -0.25) is 9.88 Å². The number of nitrogen functional groups attached to an aromatic ring is 1. The number of hydrogen-bond donors (Lipinski definition) is 3. The van der Waals surface area contributed by atoms with Crippen molar-refractivity contribution in [2.24, 2.45) is 5.84 Å². The van der Waals surface area contributed by atoms with Crippen molar-refractivity contribution in [3.8, 4) is 0 Å². The van der Waals surface area contributed by atoms with Gasteiger partial charge >= 0.3 is 0 Å². The molecule has 1 aromatic rings. The van der Waals surface area contributed by atoms with E-state index in [4.69, 9.17) is 15.7 Å². The van der Waals surface area contributed by atoms with E-state index in [-0.39, 0.29) is 12.7 Å². The first kappa shape index (κ1) is 13.2. The fourth-order valence-corrected chi connectivity index (χ4v) is 1.92. The van der Waals surface area contributed by atoms with Gasteiger partial charge in [0.15, 0.2) is 5.82 Å². The highest BCUT2D eigenvalue weighted by Crippen LogP contribution is 2.14. The predicted molar refractivity (Wildman–Crippen MR) is 66.5 cm³/mol. The van der Waals surface area contributed by atoms with E-state index in [9.17, 15) is 0 Å². The summed E-state index contributed by atoms with van der Waals surface area (Å²) >= 11 is 0. The Labute approximate surface area is 106 Å². The number of ether oxygens (including phenoxy) is 1. The lowest BCUT2D eigenvalue weighted by atomic mass is 10.2. The molecule has 2 unspecified atom stereocenters. The second-order valence-electron chi connectivity index (χ2n) is 4.45. The number of anilines is 1. The molecular formula is C11H19N5O2. The number of aromatic nitrogens is 2. The molecule has 100 valence electrons. The minimum Gasteiger partial charge on any atom is -0.394 e. The number of aliphatic hydroxyl groups excluding tert-OH is 1. The number of nitrogens with zero attached hydrogens (tertiary/aromatic N) is 3. The fourth-order valence-electron chi connectivity index (χ4n) is 1.92. The quantitative estimate of drug-likeness (QED) is 0.484. The maximum absolute atomic E-state index is 9.13. The number of aliphatic hydroxyl groups is 1. The molecule has 7 heteroatoms. The van der Waals surface area contributed by atoms with E-state index < -0.39 is 0 Å². The van der Waals surface area contributed by atoms with Crippen LogP contribution in [0.3, 0.4) is 0 Å². The van der Waals surface area contributed by atoms with Crippen LogP contribution in [0.1, 0.15) is 12.6 Å². The van der Waals surface area contributed by atoms with Gasteiger partial charge in [-0.15, -0.1) is 0 Å². The van der Waals surface area contributed by atoms with Crippen molar-refractivity contribution in [3.05, 3.63) is 18.1 Å². The molecule has 0 amide bonds. The van der Waals surface area contributed by atoms with Crippen LogP contribution in [-0.2, 0) is 11.3 Å². The molecule has 1 saturated heterocycles. The maximum atomic E-state index is 9.13. The number of nitrogens with one attached hydrogen (secondary N) is 1. The SMILES string of the molecule is CC1COC(CO)CN1Cc1cnc(NN)cn1. The molecule has 0 radical (unpaired) electrons. The summed E-state index contributed by atoms with van der Waals surface area (Å²) in [6, 6.07) is 0.307. The Hall–Kier alpha value is -1.28. The fraction of sp³-hybridized carbons (Fsp3) is 0.636. The molecule has 7 nitrogen and oxygen atoms in total. The Balaban J connectivity index is 1.97. The van der Waals surface area contributed by atoms with Gasteiger partial charge in [-0.05, 0) is 6.92 Å². The molecule has 1 aliphatic heterocycles. The standard InChI is InChI=1S/C11H19N5O2/c1-8-7-18-10(6-17)5-16(8)4-9-2-14-11(15-12)3-13-9/h2-3,8,10,17H,4-7,12H2,1H3,(H,14,15). The summed E-state index contributed by atoms with van der Waals surface area (Å²) in [5.41, 5.74) is 3.32. The van der Waals surface area contributed by atoms with Crippen LogP contribution in [-0.4, -0.2) is 51.9 Å². The molecule has 0 aliphatic carbocycles. The molecule has 2 atom stereocenters. The monoisotopic (exact) mass is 253 g/mol. The van der Waals surface area contributed by atoms with Gasteiger partial charge in [-0.25, -0.2) is 10.8 Å². The summed E-state index contributed by atoms with van der Waals surface area (Å²) in [4.78, 5) is 10.6. The summed E-state index contributed by atoms with van der Waals surface area (Å²) in [7, 11) is 0. The van der Waals surface area contributed by atoms with Crippen LogP contribution in [0.2, 0.25) is 0 Å². The first-order chi connectivity index (χ1) is 8.72. The highest BCUT2D eigenvalue weighted by molar-refractivity contribution is 5.28. The van der Waals surface area contributed by atoms with E-state index >= 15 is 0 Å². The topological polar surface area (TPSA) is 96.5 Å². The van der Waals surface area contributed by atoms with Crippen LogP contribution >= 0.6 is 0 Å². The molecular weight excluding hydrogens is 234 g/mol. The number of morpholine rings is 1. The lowest BCUT2D eigenvalue weighted by Gasteiger charge is -2.37. The van der Waals surface area contributed by atoms with Gasteiger partial charge < -0.3 is 15.3 Å². The molecule has 18 heavy (non-hydrogen) atoms. The molecule has 0 spiro atoms. The Morgan fingerprint density at radius 2 is 2.39 bits per heavy atom. The molecule has 4 N–H and O–H groups in total. The molecule has 0 saturated carbocycles. The molecule has 1 aliphatic rings. The highest BCUT2D eigenvalue weighted by Gasteiger charge is 2.25. The second kappa shape index (κ2) is 6.05. The number of hydrazine groups is 1.